The van der Waals surface area contributed by atoms with Gasteiger partial charge in [-0.05, 0) is 18.2 Å². The molecule has 0 fully saturated rings. The number of hydrogen-bond donors (Lipinski definition) is 2. The number of aliphatic hydroxyl groups is 1. The van der Waals surface area contributed by atoms with E-state index in [-0.39, 0.29) is 24.0 Å². The van der Waals surface area contributed by atoms with E-state index in [4.69, 9.17) is 15.4 Å². The molecular formula is C9H8FN3O2. The molecule has 2 aromatic rings. The van der Waals surface area contributed by atoms with Crippen molar-refractivity contribution in [1.29, 1.82) is 0 Å². The van der Waals surface area contributed by atoms with Crippen molar-refractivity contribution in [2.75, 3.05) is 5.73 Å². The predicted octanol–water partition coefficient (Wildman–Crippen LogP) is 0.950. The molecule has 0 radical (unpaired) electrons. The van der Waals surface area contributed by atoms with Gasteiger partial charge in [-0.1, -0.05) is 5.16 Å². The molecule has 3 N–H and O–H groups in total. The summed E-state index contributed by atoms with van der Waals surface area (Å²) in [5.41, 5.74) is 6.27. The van der Waals surface area contributed by atoms with Crippen LogP contribution in [0, 0.1) is 5.82 Å². The normalized spacial score (nSPS) is 10.5. The van der Waals surface area contributed by atoms with Gasteiger partial charge in [-0.3, -0.25) is 0 Å². The minimum atomic E-state index is -0.429. The molecule has 0 bridgehead atoms. The molecule has 1 aromatic heterocycles. The first kappa shape index (κ1) is 9.60. The first-order valence-corrected chi connectivity index (χ1v) is 4.19. The molecule has 0 aliphatic carbocycles. The minimum Gasteiger partial charge on any atom is -0.398 e. The molecule has 1 aromatic carbocycles. The van der Waals surface area contributed by atoms with Gasteiger partial charge in [-0.2, -0.15) is 4.98 Å². The molecule has 15 heavy (non-hydrogen) atoms. The Morgan fingerprint density at radius 2 is 2.27 bits per heavy atom. The molecule has 5 nitrogen and oxygen atoms in total. The lowest BCUT2D eigenvalue weighted by Gasteiger charge is -1.99. The topological polar surface area (TPSA) is 85.2 Å². The van der Waals surface area contributed by atoms with Gasteiger partial charge in [0.25, 0.3) is 5.89 Å². The number of rotatable bonds is 2. The van der Waals surface area contributed by atoms with Crippen molar-refractivity contribution in [1.82, 2.24) is 10.1 Å². The first-order chi connectivity index (χ1) is 7.20. The van der Waals surface area contributed by atoms with Gasteiger partial charge in [0.15, 0.2) is 0 Å². The van der Waals surface area contributed by atoms with E-state index in [9.17, 15) is 4.39 Å². The minimum absolute atomic E-state index is 0.0914. The van der Waals surface area contributed by atoms with Crippen LogP contribution in [0.2, 0.25) is 0 Å². The number of aromatic nitrogens is 2. The number of hydrogen-bond acceptors (Lipinski definition) is 5. The maximum atomic E-state index is 12.8. The summed E-state index contributed by atoms with van der Waals surface area (Å²) in [4.78, 5) is 3.86. The first-order valence-electron chi connectivity index (χ1n) is 4.19. The van der Waals surface area contributed by atoms with E-state index in [1.54, 1.807) is 0 Å². The Labute approximate surface area is 84.3 Å². The van der Waals surface area contributed by atoms with Gasteiger partial charge in [0.2, 0.25) is 5.82 Å². The van der Waals surface area contributed by atoms with E-state index in [2.05, 4.69) is 10.1 Å². The molecule has 0 unspecified atom stereocenters. The fourth-order valence-electron chi connectivity index (χ4n) is 1.17. The van der Waals surface area contributed by atoms with Crippen LogP contribution in [-0.4, -0.2) is 15.2 Å². The van der Waals surface area contributed by atoms with E-state index < -0.39 is 5.82 Å². The van der Waals surface area contributed by atoms with Crippen molar-refractivity contribution in [3.8, 4) is 11.4 Å². The monoisotopic (exact) mass is 209 g/mol. The average Bonchev–Trinajstić information content (AvgIpc) is 2.66. The lowest BCUT2D eigenvalue weighted by atomic mass is 10.1. The standard InChI is InChI=1S/C9H8FN3O2/c10-5-1-2-6(7(11)3-5)9-12-8(4-14)15-13-9/h1-3,14H,4,11H2. The Kier molecular flexibility index (Phi) is 2.34. The molecular weight excluding hydrogens is 201 g/mol. The highest BCUT2D eigenvalue weighted by atomic mass is 19.1. The van der Waals surface area contributed by atoms with Gasteiger partial charge in [0, 0.05) is 11.3 Å². The zero-order valence-electron chi connectivity index (χ0n) is 7.64. The number of anilines is 1. The molecule has 0 amide bonds. The van der Waals surface area contributed by atoms with Gasteiger partial charge in [-0.15, -0.1) is 0 Å². The third kappa shape index (κ3) is 1.79. The quantitative estimate of drug-likeness (QED) is 0.719. The summed E-state index contributed by atoms with van der Waals surface area (Å²) in [6, 6.07) is 3.88. The number of nitrogen functional groups attached to an aromatic ring is 1. The second-order valence-corrected chi connectivity index (χ2v) is 2.90. The van der Waals surface area contributed by atoms with Crippen molar-refractivity contribution in [2.24, 2.45) is 0 Å². The second kappa shape index (κ2) is 3.66. The molecule has 0 spiro atoms. The van der Waals surface area contributed by atoms with Crippen LogP contribution in [0.25, 0.3) is 11.4 Å². The summed E-state index contributed by atoms with van der Waals surface area (Å²) in [7, 11) is 0. The van der Waals surface area contributed by atoms with Crippen molar-refractivity contribution < 1.29 is 14.0 Å². The lowest BCUT2D eigenvalue weighted by molar-refractivity contribution is 0.222. The molecule has 0 saturated carbocycles. The Hall–Kier alpha value is -1.95. The van der Waals surface area contributed by atoms with E-state index in [1.165, 1.54) is 18.2 Å². The maximum Gasteiger partial charge on any atom is 0.252 e. The van der Waals surface area contributed by atoms with Crippen molar-refractivity contribution in [3.63, 3.8) is 0 Å². The molecule has 0 saturated heterocycles. The highest BCUT2D eigenvalue weighted by Crippen LogP contribution is 2.23. The Bertz CT molecular complexity index is 484. The fraction of sp³-hybridized carbons (Fsp3) is 0.111. The van der Waals surface area contributed by atoms with E-state index >= 15 is 0 Å². The summed E-state index contributed by atoms with van der Waals surface area (Å²) in [5.74, 6) is -0.104. The van der Waals surface area contributed by atoms with Crippen molar-refractivity contribution in [3.05, 3.63) is 29.9 Å². The highest BCUT2D eigenvalue weighted by molar-refractivity contribution is 5.70. The number of nitrogens with zero attached hydrogens (tertiary/aromatic N) is 2. The van der Waals surface area contributed by atoms with Gasteiger partial charge in [-0.25, -0.2) is 4.39 Å². The molecule has 1 heterocycles. The summed E-state index contributed by atoms with van der Waals surface area (Å²) >= 11 is 0. The van der Waals surface area contributed by atoms with E-state index in [0.717, 1.165) is 0 Å². The Morgan fingerprint density at radius 1 is 1.47 bits per heavy atom. The molecule has 78 valence electrons. The average molecular weight is 209 g/mol. The van der Waals surface area contributed by atoms with Gasteiger partial charge >= 0.3 is 0 Å². The summed E-state index contributed by atoms with van der Waals surface area (Å²) in [6.45, 7) is -0.339. The smallest absolute Gasteiger partial charge is 0.252 e. The molecule has 2 rings (SSSR count). The van der Waals surface area contributed by atoms with Crippen LogP contribution >= 0.6 is 0 Å². The van der Waals surface area contributed by atoms with Gasteiger partial charge < -0.3 is 15.4 Å². The lowest BCUT2D eigenvalue weighted by Crippen LogP contribution is -1.92. The highest BCUT2D eigenvalue weighted by Gasteiger charge is 2.10. The van der Waals surface area contributed by atoms with Gasteiger partial charge in [0.1, 0.15) is 12.4 Å². The van der Waals surface area contributed by atoms with Crippen LogP contribution < -0.4 is 5.73 Å². The molecule has 0 aliphatic rings. The third-order valence-corrected chi connectivity index (χ3v) is 1.86. The third-order valence-electron chi connectivity index (χ3n) is 1.86. The summed E-state index contributed by atoms with van der Waals surface area (Å²) < 4.78 is 17.4. The zero-order chi connectivity index (χ0) is 10.8. The van der Waals surface area contributed by atoms with Crippen molar-refractivity contribution >= 4 is 5.69 Å². The number of halogens is 1. The Balaban J connectivity index is 2.44. The number of benzene rings is 1. The van der Waals surface area contributed by atoms with Crippen LogP contribution in [0.1, 0.15) is 5.89 Å². The van der Waals surface area contributed by atoms with Crippen LogP contribution in [0.5, 0.6) is 0 Å². The molecule has 0 aliphatic heterocycles. The van der Waals surface area contributed by atoms with Crippen LogP contribution in [-0.2, 0) is 6.61 Å². The Morgan fingerprint density at radius 3 is 2.87 bits per heavy atom. The maximum absolute atomic E-state index is 12.8. The molecule has 0 atom stereocenters. The summed E-state index contributed by atoms with van der Waals surface area (Å²) in [5, 5.41) is 12.3. The SMILES string of the molecule is Nc1cc(F)ccc1-c1noc(CO)n1. The predicted molar refractivity (Wildman–Crippen MR) is 50.0 cm³/mol. The number of aliphatic hydroxyl groups excluding tert-OH is 1. The van der Waals surface area contributed by atoms with Crippen LogP contribution in [0.15, 0.2) is 22.7 Å². The number of nitrogens with two attached hydrogens (primary N) is 1. The second-order valence-electron chi connectivity index (χ2n) is 2.90. The largest absolute Gasteiger partial charge is 0.398 e. The van der Waals surface area contributed by atoms with Crippen LogP contribution in [0.3, 0.4) is 0 Å². The van der Waals surface area contributed by atoms with Crippen molar-refractivity contribution in [2.45, 2.75) is 6.61 Å². The zero-order valence-corrected chi connectivity index (χ0v) is 7.64. The van der Waals surface area contributed by atoms with E-state index in [0.29, 0.717) is 5.56 Å². The van der Waals surface area contributed by atoms with Crippen LogP contribution in [0.4, 0.5) is 10.1 Å². The van der Waals surface area contributed by atoms with Gasteiger partial charge in [0.05, 0.1) is 0 Å². The summed E-state index contributed by atoms with van der Waals surface area (Å²) in [6.07, 6.45) is 0. The van der Waals surface area contributed by atoms with E-state index in [1.807, 2.05) is 0 Å². The fourth-order valence-corrected chi connectivity index (χ4v) is 1.17. The molecule has 6 heteroatoms.